The number of rotatable bonds is 14. The predicted molar refractivity (Wildman–Crippen MR) is 116 cm³/mol. The summed E-state index contributed by atoms with van der Waals surface area (Å²) in [7, 11) is 0. The second-order valence-electron chi connectivity index (χ2n) is 6.38. The number of hydrogen-bond donors (Lipinski definition) is 3. The van der Waals surface area contributed by atoms with Crippen molar-refractivity contribution >= 4 is 36.7 Å². The van der Waals surface area contributed by atoms with E-state index in [-0.39, 0.29) is 30.8 Å². The number of aliphatic imine (C=N–C) groups is 1. The van der Waals surface area contributed by atoms with E-state index >= 15 is 0 Å². The molecular weight excluding hydrogens is 357 g/mol. The SMILES string of the molecule is CCCCCCCCN(CCCCCCCC)C(N)=NC(=N)N.Cl.Cl. The van der Waals surface area contributed by atoms with E-state index in [1.54, 1.807) is 0 Å². The van der Waals surface area contributed by atoms with Crippen molar-refractivity contribution in [1.29, 1.82) is 5.41 Å². The van der Waals surface area contributed by atoms with Gasteiger partial charge in [0.25, 0.3) is 0 Å². The summed E-state index contributed by atoms with van der Waals surface area (Å²) in [6.07, 6.45) is 15.2. The standard InChI is InChI=1S/C18H39N5.2ClH/c1-3-5-7-9-11-13-15-23(18(21)22-17(19)20)16-14-12-10-8-6-4-2;;/h3-16H2,1-2H3,(H5,19,20,21,22);2*1H. The summed E-state index contributed by atoms with van der Waals surface area (Å²) in [5.74, 6) is 0.193. The molecule has 0 saturated heterocycles. The topological polar surface area (TPSA) is 91.5 Å². The molecule has 0 aromatic heterocycles. The molecule has 0 saturated carbocycles. The average molecular weight is 398 g/mol. The van der Waals surface area contributed by atoms with Crippen LogP contribution in [0.2, 0.25) is 0 Å². The first kappa shape index (κ1) is 29.1. The van der Waals surface area contributed by atoms with E-state index in [0.717, 1.165) is 25.9 Å². The molecule has 0 unspecified atom stereocenters. The van der Waals surface area contributed by atoms with E-state index in [0.29, 0.717) is 5.96 Å². The first-order valence-electron chi connectivity index (χ1n) is 9.54. The summed E-state index contributed by atoms with van der Waals surface area (Å²) in [6.45, 7) is 6.32. The monoisotopic (exact) mass is 397 g/mol. The highest BCUT2D eigenvalue weighted by atomic mass is 35.5. The molecule has 152 valence electrons. The third-order valence-electron chi connectivity index (χ3n) is 4.12. The van der Waals surface area contributed by atoms with Gasteiger partial charge in [-0.3, -0.25) is 5.41 Å². The van der Waals surface area contributed by atoms with Gasteiger partial charge in [-0.15, -0.1) is 24.8 Å². The van der Waals surface area contributed by atoms with E-state index in [1.807, 2.05) is 0 Å². The summed E-state index contributed by atoms with van der Waals surface area (Å²) in [5.41, 5.74) is 11.3. The number of halogens is 2. The molecule has 0 aliphatic heterocycles. The molecule has 0 spiro atoms. The Morgan fingerprint density at radius 3 is 1.44 bits per heavy atom. The zero-order valence-electron chi connectivity index (χ0n) is 16.3. The number of nitrogens with one attached hydrogen (secondary N) is 1. The highest BCUT2D eigenvalue weighted by molar-refractivity contribution is 5.91. The zero-order chi connectivity index (χ0) is 17.3. The summed E-state index contributed by atoms with van der Waals surface area (Å²) >= 11 is 0. The lowest BCUT2D eigenvalue weighted by molar-refractivity contribution is 0.381. The van der Waals surface area contributed by atoms with Gasteiger partial charge in [0.05, 0.1) is 0 Å². The van der Waals surface area contributed by atoms with Crippen molar-refractivity contribution in [2.45, 2.75) is 90.9 Å². The second-order valence-corrected chi connectivity index (χ2v) is 6.38. The predicted octanol–water partition coefficient (Wildman–Crippen LogP) is 5.06. The molecule has 0 atom stereocenters. The lowest BCUT2D eigenvalue weighted by atomic mass is 10.1. The van der Waals surface area contributed by atoms with Gasteiger partial charge in [0.2, 0.25) is 5.96 Å². The molecule has 0 aliphatic rings. The molecule has 0 amide bonds. The summed E-state index contributed by atoms with van der Waals surface area (Å²) in [6, 6.07) is 0. The molecule has 0 fully saturated rings. The summed E-state index contributed by atoms with van der Waals surface area (Å²) in [5, 5.41) is 7.28. The molecule has 0 aromatic rings. The number of unbranched alkanes of at least 4 members (excludes halogenated alkanes) is 10. The van der Waals surface area contributed by atoms with E-state index in [2.05, 4.69) is 23.7 Å². The largest absolute Gasteiger partial charge is 0.369 e. The molecular formula is C18H41Cl2N5. The first-order chi connectivity index (χ1) is 11.1. The Kier molecular flexibility index (Phi) is 24.9. The van der Waals surface area contributed by atoms with Crippen molar-refractivity contribution in [2.75, 3.05) is 13.1 Å². The van der Waals surface area contributed by atoms with E-state index in [1.165, 1.54) is 64.2 Å². The second kappa shape index (κ2) is 21.4. The van der Waals surface area contributed by atoms with Crippen molar-refractivity contribution in [1.82, 2.24) is 4.90 Å². The van der Waals surface area contributed by atoms with Crippen LogP contribution in [-0.4, -0.2) is 29.9 Å². The van der Waals surface area contributed by atoms with Gasteiger partial charge >= 0.3 is 0 Å². The summed E-state index contributed by atoms with van der Waals surface area (Å²) < 4.78 is 0. The maximum absolute atomic E-state index is 7.28. The van der Waals surface area contributed by atoms with E-state index in [4.69, 9.17) is 16.9 Å². The highest BCUT2D eigenvalue weighted by Gasteiger charge is 2.08. The smallest absolute Gasteiger partial charge is 0.215 e. The van der Waals surface area contributed by atoms with Crippen LogP contribution in [0.5, 0.6) is 0 Å². The van der Waals surface area contributed by atoms with Gasteiger partial charge in [-0.2, -0.15) is 4.99 Å². The van der Waals surface area contributed by atoms with Gasteiger partial charge in [-0.05, 0) is 12.8 Å². The van der Waals surface area contributed by atoms with Crippen LogP contribution in [0.25, 0.3) is 0 Å². The van der Waals surface area contributed by atoms with Crippen LogP contribution < -0.4 is 11.5 Å². The fourth-order valence-electron chi connectivity index (χ4n) is 2.70. The molecule has 0 rings (SSSR count). The molecule has 25 heavy (non-hydrogen) atoms. The number of nitrogens with two attached hydrogens (primary N) is 2. The van der Waals surface area contributed by atoms with Gasteiger partial charge < -0.3 is 16.4 Å². The lowest BCUT2D eigenvalue weighted by Crippen LogP contribution is -2.40. The van der Waals surface area contributed by atoms with Crippen LogP contribution in [0.1, 0.15) is 90.9 Å². The van der Waals surface area contributed by atoms with Crippen LogP contribution in [0.4, 0.5) is 0 Å². The van der Waals surface area contributed by atoms with Crippen LogP contribution in [0.3, 0.4) is 0 Å². The molecule has 5 N–H and O–H groups in total. The van der Waals surface area contributed by atoms with Gasteiger partial charge in [0.15, 0.2) is 5.96 Å². The van der Waals surface area contributed by atoms with Crippen molar-refractivity contribution in [3.8, 4) is 0 Å². The molecule has 0 aliphatic carbocycles. The van der Waals surface area contributed by atoms with Crippen LogP contribution in [-0.2, 0) is 0 Å². The van der Waals surface area contributed by atoms with Gasteiger partial charge in [-0.25, -0.2) is 0 Å². The third-order valence-corrected chi connectivity index (χ3v) is 4.12. The van der Waals surface area contributed by atoms with Crippen LogP contribution >= 0.6 is 24.8 Å². The quantitative estimate of drug-likeness (QED) is 0.217. The molecule has 5 nitrogen and oxygen atoms in total. The van der Waals surface area contributed by atoms with Gasteiger partial charge in [0.1, 0.15) is 0 Å². The van der Waals surface area contributed by atoms with Gasteiger partial charge in [0, 0.05) is 13.1 Å². The Bertz CT molecular complexity index is 309. The maximum atomic E-state index is 7.28. The lowest BCUT2D eigenvalue weighted by Gasteiger charge is -2.23. The molecule has 0 radical (unpaired) electrons. The maximum Gasteiger partial charge on any atom is 0.215 e. The molecule has 0 heterocycles. The Morgan fingerprint density at radius 1 is 0.720 bits per heavy atom. The minimum atomic E-state index is -0.210. The Labute approximate surface area is 167 Å². The van der Waals surface area contributed by atoms with Crippen molar-refractivity contribution in [3.63, 3.8) is 0 Å². The van der Waals surface area contributed by atoms with E-state index in [9.17, 15) is 0 Å². The minimum absolute atomic E-state index is 0. The molecule has 7 heteroatoms. The Hall–Kier alpha value is -0.680. The van der Waals surface area contributed by atoms with E-state index < -0.39 is 0 Å². The normalized spacial score (nSPS) is 10.7. The fourth-order valence-corrected chi connectivity index (χ4v) is 2.70. The zero-order valence-corrected chi connectivity index (χ0v) is 17.9. The minimum Gasteiger partial charge on any atom is -0.369 e. The Morgan fingerprint density at radius 2 is 1.08 bits per heavy atom. The van der Waals surface area contributed by atoms with Crippen molar-refractivity contribution < 1.29 is 0 Å². The molecule has 0 aromatic carbocycles. The van der Waals surface area contributed by atoms with Crippen molar-refractivity contribution in [2.24, 2.45) is 16.5 Å². The third kappa shape index (κ3) is 19.5. The fraction of sp³-hybridized carbons (Fsp3) is 0.889. The average Bonchev–Trinajstić information content (AvgIpc) is 2.51. The van der Waals surface area contributed by atoms with Crippen molar-refractivity contribution in [3.05, 3.63) is 0 Å². The first-order valence-corrected chi connectivity index (χ1v) is 9.54. The van der Waals surface area contributed by atoms with Gasteiger partial charge in [-0.1, -0.05) is 78.1 Å². The highest BCUT2D eigenvalue weighted by Crippen LogP contribution is 2.09. The molecule has 0 bridgehead atoms. The summed E-state index contributed by atoms with van der Waals surface area (Å²) in [4.78, 5) is 6.01. The van der Waals surface area contributed by atoms with Crippen LogP contribution in [0.15, 0.2) is 4.99 Å². The number of hydrogen-bond acceptors (Lipinski definition) is 1. The number of guanidine groups is 2. The van der Waals surface area contributed by atoms with Crippen LogP contribution in [0, 0.1) is 5.41 Å². The number of nitrogens with zero attached hydrogens (tertiary/aromatic N) is 2. The Balaban J connectivity index is -0.00000242.